The van der Waals surface area contributed by atoms with Gasteiger partial charge in [0.15, 0.2) is 6.10 Å². The first kappa shape index (κ1) is 16.9. The Morgan fingerprint density at radius 2 is 1.96 bits per heavy atom. The molecule has 0 N–H and O–H groups in total. The first-order chi connectivity index (χ1) is 11.9. The van der Waals surface area contributed by atoms with Gasteiger partial charge in [0.1, 0.15) is 5.75 Å². The van der Waals surface area contributed by atoms with Crippen LogP contribution in [0.1, 0.15) is 24.5 Å². The van der Waals surface area contributed by atoms with Gasteiger partial charge in [-0.05, 0) is 49.7 Å². The molecule has 8 heteroatoms. The van der Waals surface area contributed by atoms with Crippen LogP contribution in [-0.2, 0) is 0 Å². The molecule has 1 unspecified atom stereocenters. The second-order valence-corrected chi connectivity index (χ2v) is 5.87. The Labute approximate surface area is 148 Å². The van der Waals surface area contributed by atoms with Gasteiger partial charge in [-0.25, -0.2) is 0 Å². The maximum Gasteiger partial charge on any atom is 0.269 e. The molecule has 0 amide bonds. The number of hydrogen-bond donors (Lipinski definition) is 0. The lowest BCUT2D eigenvalue weighted by molar-refractivity contribution is -0.384. The van der Waals surface area contributed by atoms with Gasteiger partial charge in [0.25, 0.3) is 11.6 Å². The van der Waals surface area contributed by atoms with E-state index in [1.165, 1.54) is 12.1 Å². The standard InChI is InChI=1S/C17H14ClN3O4/c1-10-9-13(18)5-8-15(10)24-11(2)17-19-16(20-25-17)12-3-6-14(7-4-12)21(22)23/h3-9,11H,1-2H3. The highest BCUT2D eigenvalue weighted by Gasteiger charge is 2.18. The molecule has 25 heavy (non-hydrogen) atoms. The quantitative estimate of drug-likeness (QED) is 0.482. The summed E-state index contributed by atoms with van der Waals surface area (Å²) in [6.45, 7) is 3.69. The number of nitrogens with zero attached hydrogens (tertiary/aromatic N) is 3. The lowest BCUT2D eigenvalue weighted by Crippen LogP contribution is -2.04. The number of halogens is 1. The Kier molecular flexibility index (Phi) is 4.67. The van der Waals surface area contributed by atoms with Crippen molar-refractivity contribution in [3.8, 4) is 17.1 Å². The second kappa shape index (κ2) is 6.90. The van der Waals surface area contributed by atoms with Gasteiger partial charge in [0, 0.05) is 22.7 Å². The molecular weight excluding hydrogens is 346 g/mol. The molecule has 1 heterocycles. The molecule has 0 aliphatic heterocycles. The van der Waals surface area contributed by atoms with E-state index in [2.05, 4.69) is 10.1 Å². The predicted octanol–water partition coefficient (Wildman–Crippen LogP) is 4.75. The number of aryl methyl sites for hydroxylation is 1. The summed E-state index contributed by atoms with van der Waals surface area (Å²) in [5, 5.41) is 15.2. The van der Waals surface area contributed by atoms with Gasteiger partial charge >= 0.3 is 0 Å². The molecule has 2 aromatic carbocycles. The highest BCUT2D eigenvalue weighted by atomic mass is 35.5. The van der Waals surface area contributed by atoms with E-state index in [-0.39, 0.29) is 5.69 Å². The average Bonchev–Trinajstić information content (AvgIpc) is 3.07. The minimum absolute atomic E-state index is 0.00221. The largest absolute Gasteiger partial charge is 0.481 e. The zero-order valence-electron chi connectivity index (χ0n) is 13.5. The maximum atomic E-state index is 10.7. The Hall–Kier alpha value is -2.93. The molecule has 1 aromatic heterocycles. The first-order valence-electron chi connectivity index (χ1n) is 7.45. The van der Waals surface area contributed by atoms with E-state index < -0.39 is 11.0 Å². The molecule has 0 bridgehead atoms. The molecule has 0 aliphatic rings. The van der Waals surface area contributed by atoms with Gasteiger partial charge in [-0.15, -0.1) is 0 Å². The van der Waals surface area contributed by atoms with Gasteiger partial charge in [-0.2, -0.15) is 4.98 Å². The third kappa shape index (κ3) is 3.77. The topological polar surface area (TPSA) is 91.3 Å². The van der Waals surface area contributed by atoms with E-state index in [9.17, 15) is 10.1 Å². The van der Waals surface area contributed by atoms with Crippen LogP contribution in [0.25, 0.3) is 11.4 Å². The van der Waals surface area contributed by atoms with Crippen LogP contribution < -0.4 is 4.74 Å². The normalized spacial score (nSPS) is 12.0. The van der Waals surface area contributed by atoms with Crippen LogP contribution in [0.2, 0.25) is 5.02 Å². The Morgan fingerprint density at radius 3 is 2.60 bits per heavy atom. The van der Waals surface area contributed by atoms with Crippen molar-refractivity contribution in [2.24, 2.45) is 0 Å². The monoisotopic (exact) mass is 359 g/mol. The number of ether oxygens (including phenoxy) is 1. The maximum absolute atomic E-state index is 10.7. The molecule has 3 rings (SSSR count). The Morgan fingerprint density at radius 1 is 1.24 bits per heavy atom. The van der Waals surface area contributed by atoms with Crippen LogP contribution in [0.15, 0.2) is 47.0 Å². The van der Waals surface area contributed by atoms with E-state index in [4.69, 9.17) is 20.9 Å². The fraction of sp³-hybridized carbons (Fsp3) is 0.176. The summed E-state index contributed by atoms with van der Waals surface area (Å²) in [7, 11) is 0. The molecular formula is C17H14ClN3O4. The molecule has 7 nitrogen and oxygen atoms in total. The first-order valence-corrected chi connectivity index (χ1v) is 7.83. The number of aromatic nitrogens is 2. The zero-order chi connectivity index (χ0) is 18.0. The van der Waals surface area contributed by atoms with Crippen molar-refractivity contribution in [3.63, 3.8) is 0 Å². The third-order valence-corrected chi connectivity index (χ3v) is 3.80. The summed E-state index contributed by atoms with van der Waals surface area (Å²) in [5.41, 5.74) is 1.52. The molecule has 1 atom stereocenters. The SMILES string of the molecule is Cc1cc(Cl)ccc1OC(C)c1nc(-c2ccc([N+](=O)[O-])cc2)no1. The van der Waals surface area contributed by atoms with Crippen LogP contribution in [0, 0.1) is 17.0 Å². The molecule has 0 fully saturated rings. The summed E-state index contributed by atoms with van der Waals surface area (Å²) in [6.07, 6.45) is -0.459. The summed E-state index contributed by atoms with van der Waals surface area (Å²) in [6, 6.07) is 11.3. The summed E-state index contributed by atoms with van der Waals surface area (Å²) in [5.74, 6) is 1.32. The number of nitro benzene ring substituents is 1. The fourth-order valence-electron chi connectivity index (χ4n) is 2.24. The average molecular weight is 360 g/mol. The number of nitro groups is 1. The highest BCUT2D eigenvalue weighted by Crippen LogP contribution is 2.28. The van der Waals surface area contributed by atoms with E-state index in [0.29, 0.717) is 28.1 Å². The number of non-ortho nitro benzene ring substituents is 1. The lowest BCUT2D eigenvalue weighted by atomic mass is 10.2. The number of rotatable bonds is 5. The Bertz CT molecular complexity index is 909. The van der Waals surface area contributed by atoms with Gasteiger partial charge in [0.05, 0.1) is 4.92 Å². The van der Waals surface area contributed by atoms with Gasteiger partial charge in [0.2, 0.25) is 5.82 Å². The van der Waals surface area contributed by atoms with E-state index in [1.807, 2.05) is 6.92 Å². The molecule has 0 spiro atoms. The van der Waals surface area contributed by atoms with Crippen molar-refractivity contribution >= 4 is 17.3 Å². The van der Waals surface area contributed by atoms with E-state index >= 15 is 0 Å². The van der Waals surface area contributed by atoms with Crippen LogP contribution in [0.5, 0.6) is 5.75 Å². The van der Waals surface area contributed by atoms with Gasteiger partial charge in [-0.1, -0.05) is 16.8 Å². The zero-order valence-corrected chi connectivity index (χ0v) is 14.2. The molecule has 0 saturated heterocycles. The van der Waals surface area contributed by atoms with Gasteiger partial charge < -0.3 is 9.26 Å². The van der Waals surface area contributed by atoms with Crippen molar-refractivity contribution < 1.29 is 14.2 Å². The van der Waals surface area contributed by atoms with Crippen molar-refractivity contribution in [1.29, 1.82) is 0 Å². The number of hydrogen-bond acceptors (Lipinski definition) is 6. The Balaban J connectivity index is 1.77. The molecule has 0 radical (unpaired) electrons. The van der Waals surface area contributed by atoms with Gasteiger partial charge in [-0.3, -0.25) is 10.1 Å². The van der Waals surface area contributed by atoms with Crippen LogP contribution >= 0.6 is 11.6 Å². The summed E-state index contributed by atoms with van der Waals surface area (Å²) >= 11 is 5.93. The second-order valence-electron chi connectivity index (χ2n) is 5.43. The lowest BCUT2D eigenvalue weighted by Gasteiger charge is -2.13. The van der Waals surface area contributed by atoms with Crippen LogP contribution in [-0.4, -0.2) is 15.1 Å². The predicted molar refractivity (Wildman–Crippen MR) is 91.6 cm³/mol. The fourth-order valence-corrected chi connectivity index (χ4v) is 2.46. The minimum atomic E-state index is -0.463. The van der Waals surface area contributed by atoms with Crippen molar-refractivity contribution in [1.82, 2.24) is 10.1 Å². The molecule has 0 saturated carbocycles. The molecule has 3 aromatic rings. The third-order valence-electron chi connectivity index (χ3n) is 3.57. The van der Waals surface area contributed by atoms with Crippen molar-refractivity contribution in [3.05, 3.63) is 69.1 Å². The number of benzene rings is 2. The summed E-state index contributed by atoms with van der Waals surface area (Å²) in [4.78, 5) is 14.5. The van der Waals surface area contributed by atoms with Crippen molar-refractivity contribution in [2.45, 2.75) is 20.0 Å². The van der Waals surface area contributed by atoms with Crippen LogP contribution in [0.4, 0.5) is 5.69 Å². The molecule has 128 valence electrons. The smallest absolute Gasteiger partial charge is 0.269 e. The van der Waals surface area contributed by atoms with E-state index in [0.717, 1.165) is 5.56 Å². The van der Waals surface area contributed by atoms with Crippen LogP contribution in [0.3, 0.4) is 0 Å². The summed E-state index contributed by atoms with van der Waals surface area (Å²) < 4.78 is 11.1. The van der Waals surface area contributed by atoms with E-state index in [1.54, 1.807) is 37.3 Å². The minimum Gasteiger partial charge on any atom is -0.481 e. The van der Waals surface area contributed by atoms with Crippen molar-refractivity contribution in [2.75, 3.05) is 0 Å². The highest BCUT2D eigenvalue weighted by molar-refractivity contribution is 6.30. The molecule has 0 aliphatic carbocycles.